The van der Waals surface area contributed by atoms with Gasteiger partial charge in [0.15, 0.2) is 0 Å². The van der Waals surface area contributed by atoms with Gasteiger partial charge in [-0.2, -0.15) is 11.8 Å². The normalized spacial score (nSPS) is 13.1. The van der Waals surface area contributed by atoms with E-state index in [0.29, 0.717) is 5.75 Å². The van der Waals surface area contributed by atoms with Crippen LogP contribution in [0.3, 0.4) is 0 Å². The molecular formula is C21H45O6PS. The van der Waals surface area contributed by atoms with Crippen molar-refractivity contribution in [3.8, 4) is 0 Å². The second-order valence-corrected chi connectivity index (χ2v) is 9.96. The van der Waals surface area contributed by atoms with Crippen molar-refractivity contribution in [2.24, 2.45) is 0 Å². The second kappa shape index (κ2) is 21.6. The first-order chi connectivity index (χ1) is 14.0. The Labute approximate surface area is 183 Å². The van der Waals surface area contributed by atoms with Gasteiger partial charge in [-0.1, -0.05) is 71.1 Å². The molecule has 1 unspecified atom stereocenters. The van der Waals surface area contributed by atoms with E-state index < -0.39 is 7.82 Å². The van der Waals surface area contributed by atoms with Crippen LogP contribution in [-0.4, -0.2) is 54.3 Å². The Hall–Kier alpha value is 0.380. The Kier molecular flexibility index (Phi) is 21.9. The minimum atomic E-state index is -4.41. The molecule has 0 spiro atoms. The van der Waals surface area contributed by atoms with Gasteiger partial charge in [-0.3, -0.25) is 4.52 Å². The van der Waals surface area contributed by atoms with Crippen molar-refractivity contribution in [1.29, 1.82) is 0 Å². The Morgan fingerprint density at radius 2 is 1.34 bits per heavy atom. The largest absolute Gasteiger partial charge is 0.469 e. The van der Waals surface area contributed by atoms with Crippen LogP contribution in [0.1, 0.15) is 90.4 Å². The van der Waals surface area contributed by atoms with Crippen LogP contribution in [0, 0.1) is 0 Å². The van der Waals surface area contributed by atoms with Crippen LogP contribution in [0.4, 0.5) is 0 Å². The Morgan fingerprint density at radius 3 is 1.86 bits per heavy atom. The van der Waals surface area contributed by atoms with Crippen LogP contribution < -0.4 is 0 Å². The van der Waals surface area contributed by atoms with E-state index in [-0.39, 0.29) is 12.7 Å². The summed E-state index contributed by atoms with van der Waals surface area (Å²) in [6.45, 7) is 3.92. The molecule has 0 bridgehead atoms. The molecule has 0 aliphatic rings. The van der Waals surface area contributed by atoms with Crippen molar-refractivity contribution in [3.05, 3.63) is 0 Å². The molecule has 0 aromatic carbocycles. The minimum Gasteiger partial charge on any atom is -0.381 e. The number of phosphoric ester groups is 1. The molecule has 1 atom stereocenters. The first-order valence-electron chi connectivity index (χ1n) is 11.4. The zero-order valence-corrected chi connectivity index (χ0v) is 20.4. The molecule has 6 nitrogen and oxygen atoms in total. The summed E-state index contributed by atoms with van der Waals surface area (Å²) in [5.41, 5.74) is 0. The van der Waals surface area contributed by atoms with Crippen LogP contribution in [-0.2, 0) is 18.6 Å². The lowest BCUT2D eigenvalue weighted by Crippen LogP contribution is -2.20. The van der Waals surface area contributed by atoms with Gasteiger partial charge in [0.05, 0.1) is 12.7 Å². The number of phosphoric acid groups is 1. The number of hydrogen-bond donors (Lipinski definition) is 2. The van der Waals surface area contributed by atoms with Gasteiger partial charge in [0.1, 0.15) is 0 Å². The molecule has 0 aliphatic carbocycles. The summed E-state index contributed by atoms with van der Waals surface area (Å²) in [4.78, 5) is 17.4. The molecule has 0 radical (unpaired) electrons. The van der Waals surface area contributed by atoms with Crippen LogP contribution >= 0.6 is 19.6 Å². The predicted molar refractivity (Wildman–Crippen MR) is 123 cm³/mol. The summed E-state index contributed by atoms with van der Waals surface area (Å²) in [7, 11) is -2.89. The maximum absolute atomic E-state index is 10.7. The lowest BCUT2D eigenvalue weighted by molar-refractivity contribution is 0.0605. The highest BCUT2D eigenvalue weighted by molar-refractivity contribution is 7.99. The third kappa shape index (κ3) is 24.5. The highest BCUT2D eigenvalue weighted by Crippen LogP contribution is 2.36. The third-order valence-electron chi connectivity index (χ3n) is 4.79. The molecule has 0 amide bonds. The van der Waals surface area contributed by atoms with Crippen molar-refractivity contribution < 1.29 is 28.3 Å². The van der Waals surface area contributed by atoms with Crippen LogP contribution in [0.5, 0.6) is 0 Å². The Morgan fingerprint density at radius 1 is 0.828 bits per heavy atom. The maximum atomic E-state index is 10.7. The van der Waals surface area contributed by atoms with Crippen molar-refractivity contribution in [2.75, 3.05) is 38.4 Å². The van der Waals surface area contributed by atoms with Crippen molar-refractivity contribution in [3.63, 3.8) is 0 Å². The van der Waals surface area contributed by atoms with Gasteiger partial charge in [0.25, 0.3) is 0 Å². The molecule has 0 saturated heterocycles. The molecule has 0 saturated carbocycles. The number of hydrogen-bond acceptors (Lipinski definition) is 5. The van der Waals surface area contributed by atoms with Crippen molar-refractivity contribution in [2.45, 2.75) is 96.5 Å². The molecular weight excluding hydrogens is 411 g/mol. The fraction of sp³-hybridized carbons (Fsp3) is 1.00. The third-order valence-corrected chi connectivity index (χ3v) is 6.46. The van der Waals surface area contributed by atoms with Gasteiger partial charge in [0, 0.05) is 26.1 Å². The summed E-state index contributed by atoms with van der Waals surface area (Å²) in [5, 5.41) is 0. The van der Waals surface area contributed by atoms with E-state index in [4.69, 9.17) is 19.3 Å². The van der Waals surface area contributed by atoms with Crippen molar-refractivity contribution in [1.82, 2.24) is 0 Å². The van der Waals surface area contributed by atoms with Crippen LogP contribution in [0.2, 0.25) is 0 Å². The molecule has 0 rings (SSSR count). The standard InChI is InChI=1S/C21H45O6PS/c1-3-4-5-6-7-8-9-10-11-13-16-26-17-14-12-15-18-29-20-21(25-2)19-27-28(22,23)24/h21H,3-20H2,1-2H3,(H2,22,23,24). The van der Waals surface area contributed by atoms with E-state index in [1.165, 1.54) is 71.3 Å². The first kappa shape index (κ1) is 29.4. The van der Waals surface area contributed by atoms with E-state index in [1.54, 1.807) is 11.8 Å². The van der Waals surface area contributed by atoms with E-state index in [9.17, 15) is 4.57 Å². The van der Waals surface area contributed by atoms with E-state index in [1.807, 2.05) is 0 Å². The summed E-state index contributed by atoms with van der Waals surface area (Å²) >= 11 is 1.72. The topological polar surface area (TPSA) is 85.2 Å². The fourth-order valence-electron chi connectivity index (χ4n) is 2.96. The van der Waals surface area contributed by atoms with E-state index in [2.05, 4.69) is 11.4 Å². The quantitative estimate of drug-likeness (QED) is 0.145. The fourth-order valence-corrected chi connectivity index (χ4v) is 4.39. The van der Waals surface area contributed by atoms with E-state index in [0.717, 1.165) is 38.2 Å². The lowest BCUT2D eigenvalue weighted by Gasteiger charge is -2.15. The van der Waals surface area contributed by atoms with Gasteiger partial charge >= 0.3 is 7.82 Å². The molecule has 29 heavy (non-hydrogen) atoms. The smallest absolute Gasteiger partial charge is 0.381 e. The highest BCUT2D eigenvalue weighted by Gasteiger charge is 2.17. The predicted octanol–water partition coefficient (Wildman–Crippen LogP) is 5.95. The monoisotopic (exact) mass is 456 g/mol. The molecule has 2 N–H and O–H groups in total. The second-order valence-electron chi connectivity index (χ2n) is 7.57. The van der Waals surface area contributed by atoms with Gasteiger partial charge in [-0.25, -0.2) is 4.57 Å². The summed E-state index contributed by atoms with van der Waals surface area (Å²) < 4.78 is 26.1. The molecule has 8 heteroatoms. The van der Waals surface area contributed by atoms with Crippen LogP contribution in [0.15, 0.2) is 0 Å². The lowest BCUT2D eigenvalue weighted by atomic mass is 10.1. The summed E-state index contributed by atoms with van der Waals surface area (Å²) in [6, 6.07) is 0. The molecule has 0 fully saturated rings. The molecule has 0 aromatic heterocycles. The Balaban J connectivity index is 3.22. The average Bonchev–Trinajstić information content (AvgIpc) is 2.68. The number of unbranched alkanes of at least 4 members (excludes halogenated alkanes) is 11. The summed E-state index contributed by atoms with van der Waals surface area (Å²) in [6.07, 6.45) is 16.6. The number of thioether (sulfide) groups is 1. The minimum absolute atomic E-state index is 0.0828. The SMILES string of the molecule is CCCCCCCCCCCCOCCCCCSCC(COP(=O)(O)O)OC. The molecule has 0 aliphatic heterocycles. The number of ether oxygens (including phenoxy) is 2. The van der Waals surface area contributed by atoms with E-state index >= 15 is 0 Å². The number of methoxy groups -OCH3 is 1. The zero-order chi connectivity index (χ0) is 21.6. The number of rotatable bonds is 23. The van der Waals surface area contributed by atoms with Gasteiger partial charge < -0.3 is 19.3 Å². The van der Waals surface area contributed by atoms with Gasteiger partial charge in [0.2, 0.25) is 0 Å². The highest BCUT2D eigenvalue weighted by atomic mass is 32.2. The molecule has 0 heterocycles. The van der Waals surface area contributed by atoms with Gasteiger partial charge in [-0.15, -0.1) is 0 Å². The first-order valence-corrected chi connectivity index (χ1v) is 14.1. The molecule has 0 aromatic rings. The summed E-state index contributed by atoms with van der Waals surface area (Å²) in [5.74, 6) is 1.68. The Bertz CT molecular complexity index is 380. The van der Waals surface area contributed by atoms with Gasteiger partial charge in [-0.05, 0) is 25.0 Å². The van der Waals surface area contributed by atoms with Crippen molar-refractivity contribution >= 4 is 19.6 Å². The molecule has 176 valence electrons. The average molecular weight is 457 g/mol. The zero-order valence-electron chi connectivity index (χ0n) is 18.7. The van der Waals surface area contributed by atoms with Crippen LogP contribution in [0.25, 0.3) is 0 Å². The maximum Gasteiger partial charge on any atom is 0.469 e.